The number of hydrogen-bond acceptors (Lipinski definition) is 4. The molecule has 2 fully saturated rings. The maximum Gasteiger partial charge on any atom is 0.410 e. The molecule has 0 radical (unpaired) electrons. The molecular weight excluding hydrogens is 280 g/mol. The Bertz CT molecular complexity index is 397. The molecule has 0 spiro atoms. The molecule has 0 bridgehead atoms. The van der Waals surface area contributed by atoms with E-state index in [-0.39, 0.29) is 17.7 Å². The second-order valence-electron chi connectivity index (χ2n) is 8.26. The average molecular weight is 312 g/mol. The van der Waals surface area contributed by atoms with Gasteiger partial charge in [-0.3, -0.25) is 0 Å². The molecule has 0 aromatic heterocycles. The molecule has 3 N–H and O–H groups in total. The van der Waals surface area contributed by atoms with E-state index in [9.17, 15) is 9.90 Å². The topological polar surface area (TPSA) is 75.8 Å². The Morgan fingerprint density at radius 3 is 2.36 bits per heavy atom. The Labute approximate surface area is 134 Å². The molecule has 2 unspecified atom stereocenters. The van der Waals surface area contributed by atoms with Gasteiger partial charge in [-0.05, 0) is 64.7 Å². The van der Waals surface area contributed by atoms with Crippen LogP contribution < -0.4 is 5.73 Å². The molecule has 1 saturated heterocycles. The molecular formula is C17H32N2O3. The molecule has 1 saturated carbocycles. The summed E-state index contributed by atoms with van der Waals surface area (Å²) in [5.74, 6) is 0.778. The fraction of sp³-hybridized carbons (Fsp3) is 0.941. The van der Waals surface area contributed by atoms with Crippen LogP contribution in [0.3, 0.4) is 0 Å². The molecule has 1 heterocycles. The lowest BCUT2D eigenvalue weighted by atomic mass is 9.66. The molecule has 22 heavy (non-hydrogen) atoms. The third-order valence-electron chi connectivity index (χ3n) is 5.18. The van der Waals surface area contributed by atoms with E-state index in [2.05, 4.69) is 6.92 Å². The van der Waals surface area contributed by atoms with E-state index in [1.807, 2.05) is 25.7 Å². The minimum atomic E-state index is -0.453. The lowest BCUT2D eigenvalue weighted by Crippen LogP contribution is -2.57. The van der Waals surface area contributed by atoms with Gasteiger partial charge in [0.15, 0.2) is 0 Å². The highest BCUT2D eigenvalue weighted by atomic mass is 16.6. The van der Waals surface area contributed by atoms with Gasteiger partial charge in [0, 0.05) is 18.6 Å². The van der Waals surface area contributed by atoms with Crippen molar-refractivity contribution < 1.29 is 14.6 Å². The molecule has 5 nitrogen and oxygen atoms in total. The summed E-state index contributed by atoms with van der Waals surface area (Å²) in [6.07, 6.45) is 3.89. The summed E-state index contributed by atoms with van der Waals surface area (Å²) in [6.45, 7) is 9.28. The number of aliphatic hydroxyl groups is 1. The first-order chi connectivity index (χ1) is 10.1. The lowest BCUT2D eigenvalue weighted by molar-refractivity contribution is -0.00500. The fourth-order valence-electron chi connectivity index (χ4n) is 4.00. The van der Waals surface area contributed by atoms with Crippen molar-refractivity contribution in [3.63, 3.8) is 0 Å². The van der Waals surface area contributed by atoms with Gasteiger partial charge in [-0.15, -0.1) is 0 Å². The normalized spacial score (nSPS) is 37.0. The number of rotatable bonds is 1. The number of amides is 1. The monoisotopic (exact) mass is 312 g/mol. The molecule has 0 aromatic rings. The Morgan fingerprint density at radius 1 is 1.27 bits per heavy atom. The van der Waals surface area contributed by atoms with E-state index in [1.54, 1.807) is 0 Å². The summed E-state index contributed by atoms with van der Waals surface area (Å²) >= 11 is 0. The van der Waals surface area contributed by atoms with Crippen LogP contribution in [-0.4, -0.2) is 46.4 Å². The predicted octanol–water partition coefficient (Wildman–Crippen LogP) is 2.51. The first kappa shape index (κ1) is 17.5. The second-order valence-corrected chi connectivity index (χ2v) is 8.26. The number of carbonyl (C=O) groups is 1. The average Bonchev–Trinajstić information content (AvgIpc) is 2.40. The molecule has 2 atom stereocenters. The van der Waals surface area contributed by atoms with E-state index in [4.69, 9.17) is 10.5 Å². The maximum atomic E-state index is 12.2. The van der Waals surface area contributed by atoms with Crippen LogP contribution in [0.5, 0.6) is 0 Å². The second kappa shape index (κ2) is 6.36. The molecule has 2 aliphatic rings. The number of likely N-dealkylation sites (tertiary alicyclic amines) is 1. The van der Waals surface area contributed by atoms with Gasteiger partial charge in [-0.2, -0.15) is 0 Å². The van der Waals surface area contributed by atoms with Gasteiger partial charge < -0.3 is 20.5 Å². The van der Waals surface area contributed by atoms with Crippen molar-refractivity contribution in [3.8, 4) is 0 Å². The van der Waals surface area contributed by atoms with E-state index in [1.165, 1.54) is 0 Å². The van der Waals surface area contributed by atoms with Crippen molar-refractivity contribution in [1.29, 1.82) is 0 Å². The van der Waals surface area contributed by atoms with Crippen molar-refractivity contribution in [3.05, 3.63) is 0 Å². The van der Waals surface area contributed by atoms with E-state index in [0.29, 0.717) is 24.9 Å². The van der Waals surface area contributed by atoms with E-state index >= 15 is 0 Å². The number of hydrogen-bond donors (Lipinski definition) is 2. The smallest absolute Gasteiger partial charge is 0.410 e. The first-order valence-electron chi connectivity index (χ1n) is 8.55. The van der Waals surface area contributed by atoms with Crippen LogP contribution in [0.1, 0.15) is 59.8 Å². The largest absolute Gasteiger partial charge is 0.444 e. The summed E-state index contributed by atoms with van der Waals surface area (Å²) < 4.78 is 5.47. The van der Waals surface area contributed by atoms with Gasteiger partial charge >= 0.3 is 6.09 Å². The Balaban J connectivity index is 1.94. The zero-order valence-electron chi connectivity index (χ0n) is 14.5. The fourth-order valence-corrected chi connectivity index (χ4v) is 4.00. The number of carbonyl (C=O) groups excluding carboxylic acids is 1. The van der Waals surface area contributed by atoms with E-state index < -0.39 is 5.60 Å². The lowest BCUT2D eigenvalue weighted by Gasteiger charge is -2.48. The van der Waals surface area contributed by atoms with Gasteiger partial charge in [0.25, 0.3) is 0 Å². The van der Waals surface area contributed by atoms with Gasteiger partial charge in [0.05, 0.1) is 6.10 Å². The van der Waals surface area contributed by atoms with Gasteiger partial charge in [0.2, 0.25) is 0 Å². The van der Waals surface area contributed by atoms with E-state index in [0.717, 1.165) is 32.1 Å². The third kappa shape index (κ3) is 4.13. The highest BCUT2D eigenvalue weighted by Crippen LogP contribution is 2.40. The Hall–Kier alpha value is -0.810. The van der Waals surface area contributed by atoms with Crippen LogP contribution >= 0.6 is 0 Å². The number of piperidine rings is 1. The summed E-state index contributed by atoms with van der Waals surface area (Å²) in [4.78, 5) is 14.0. The number of aliphatic hydroxyl groups excluding tert-OH is 1. The van der Waals surface area contributed by atoms with Crippen LogP contribution in [0.2, 0.25) is 0 Å². The third-order valence-corrected chi connectivity index (χ3v) is 5.18. The number of nitrogens with zero attached hydrogens (tertiary/aromatic N) is 1. The van der Waals surface area contributed by atoms with Crippen molar-refractivity contribution in [2.75, 3.05) is 13.1 Å². The first-order valence-corrected chi connectivity index (χ1v) is 8.55. The van der Waals surface area contributed by atoms with Gasteiger partial charge in [-0.1, -0.05) is 6.92 Å². The van der Waals surface area contributed by atoms with Gasteiger partial charge in [-0.25, -0.2) is 4.79 Å². The maximum absolute atomic E-state index is 12.2. The molecule has 1 aliphatic heterocycles. The summed E-state index contributed by atoms with van der Waals surface area (Å²) in [7, 11) is 0. The van der Waals surface area contributed by atoms with Gasteiger partial charge in [0.1, 0.15) is 5.60 Å². The van der Waals surface area contributed by atoms with Crippen LogP contribution in [0, 0.1) is 11.8 Å². The summed E-state index contributed by atoms with van der Waals surface area (Å²) in [5.41, 5.74) is 6.03. The quantitative estimate of drug-likeness (QED) is 0.780. The highest BCUT2D eigenvalue weighted by molar-refractivity contribution is 5.68. The standard InChI is InChI=1S/C17H32N2O3/c1-12-11-19(15(21)22-16(2,3)4)10-7-14(12)17(18)8-5-13(20)6-9-17/h12-14,20H,5-11,18H2,1-4H3. The molecule has 1 aliphatic carbocycles. The van der Waals surface area contributed by atoms with Crippen LogP contribution in [0.4, 0.5) is 4.79 Å². The molecule has 128 valence electrons. The molecule has 0 aromatic carbocycles. The SMILES string of the molecule is CC1CN(C(=O)OC(C)(C)C)CCC1C1(N)CCC(O)CC1. The molecule has 5 heteroatoms. The molecule has 2 rings (SSSR count). The zero-order chi connectivity index (χ0) is 16.5. The Morgan fingerprint density at radius 2 is 1.86 bits per heavy atom. The van der Waals surface area contributed by atoms with Crippen LogP contribution in [0.15, 0.2) is 0 Å². The van der Waals surface area contributed by atoms with Crippen molar-refractivity contribution in [2.45, 2.75) is 77.0 Å². The van der Waals surface area contributed by atoms with Crippen LogP contribution in [0.25, 0.3) is 0 Å². The number of ether oxygens (including phenoxy) is 1. The van der Waals surface area contributed by atoms with Crippen molar-refractivity contribution >= 4 is 6.09 Å². The summed E-state index contributed by atoms with van der Waals surface area (Å²) in [6, 6.07) is 0. The number of nitrogens with two attached hydrogens (primary N) is 1. The minimum Gasteiger partial charge on any atom is -0.444 e. The highest BCUT2D eigenvalue weighted by Gasteiger charge is 2.43. The van der Waals surface area contributed by atoms with Crippen molar-refractivity contribution in [1.82, 2.24) is 4.90 Å². The zero-order valence-corrected chi connectivity index (χ0v) is 14.5. The molecule has 1 amide bonds. The van der Waals surface area contributed by atoms with Crippen molar-refractivity contribution in [2.24, 2.45) is 17.6 Å². The predicted molar refractivity (Wildman–Crippen MR) is 86.5 cm³/mol. The Kier molecular flexibility index (Phi) is 5.07. The minimum absolute atomic E-state index is 0.182. The van der Waals surface area contributed by atoms with Crippen LogP contribution in [-0.2, 0) is 4.74 Å². The summed E-state index contributed by atoms with van der Waals surface area (Å²) in [5, 5.41) is 9.70.